The van der Waals surface area contributed by atoms with Crippen molar-refractivity contribution in [1.29, 1.82) is 0 Å². The number of aryl methyl sites for hydroxylation is 2. The van der Waals surface area contributed by atoms with Crippen molar-refractivity contribution in [2.45, 2.75) is 25.2 Å². The largest absolute Gasteiger partial charge is 0.385 e. The van der Waals surface area contributed by atoms with Gasteiger partial charge in [0.1, 0.15) is 0 Å². The van der Waals surface area contributed by atoms with Gasteiger partial charge in [-0.05, 0) is 31.9 Å². The molecular formula is C14H21NO2S. The van der Waals surface area contributed by atoms with E-state index < -0.39 is 0 Å². The summed E-state index contributed by atoms with van der Waals surface area (Å²) in [6, 6.07) is 6.29. The number of carbonyl (C=O) groups excluding carboxylic acids is 1. The lowest BCUT2D eigenvalue weighted by molar-refractivity contribution is -0.118. The van der Waals surface area contributed by atoms with Gasteiger partial charge in [-0.1, -0.05) is 17.7 Å². The van der Waals surface area contributed by atoms with Crippen LogP contribution in [0.5, 0.6) is 0 Å². The fourth-order valence-electron chi connectivity index (χ4n) is 1.60. The molecule has 0 aliphatic rings. The third-order valence-electron chi connectivity index (χ3n) is 2.54. The Bertz CT molecular complexity index is 393. The average molecular weight is 267 g/mol. The minimum absolute atomic E-state index is 0.0797. The van der Waals surface area contributed by atoms with Crippen molar-refractivity contribution in [1.82, 2.24) is 5.32 Å². The number of hydrogen-bond donors (Lipinski definition) is 1. The second-order valence-electron chi connectivity index (χ2n) is 4.25. The molecule has 4 heteroatoms. The normalized spacial score (nSPS) is 10.4. The molecular weight excluding hydrogens is 246 g/mol. The molecule has 100 valence electrons. The van der Waals surface area contributed by atoms with Gasteiger partial charge in [0.15, 0.2) is 0 Å². The minimum atomic E-state index is 0.0797. The highest BCUT2D eigenvalue weighted by molar-refractivity contribution is 8.00. The monoisotopic (exact) mass is 267 g/mol. The van der Waals surface area contributed by atoms with Crippen LogP contribution in [0.2, 0.25) is 0 Å². The molecule has 0 heterocycles. The van der Waals surface area contributed by atoms with Gasteiger partial charge < -0.3 is 10.1 Å². The number of ether oxygens (including phenoxy) is 1. The van der Waals surface area contributed by atoms with Gasteiger partial charge in [0.25, 0.3) is 0 Å². The number of amides is 1. The SMILES string of the molecule is COCCCNC(=O)CSc1ccc(C)cc1C. The second kappa shape index (κ2) is 8.16. The molecule has 0 aromatic heterocycles. The Balaban J connectivity index is 2.29. The molecule has 0 unspecified atom stereocenters. The van der Waals surface area contributed by atoms with Gasteiger partial charge in [-0.25, -0.2) is 0 Å². The van der Waals surface area contributed by atoms with Crippen LogP contribution in [0.1, 0.15) is 17.5 Å². The lowest BCUT2D eigenvalue weighted by Crippen LogP contribution is -2.26. The van der Waals surface area contributed by atoms with Crippen LogP contribution in [0.3, 0.4) is 0 Å². The summed E-state index contributed by atoms with van der Waals surface area (Å²) in [6.07, 6.45) is 0.858. The lowest BCUT2D eigenvalue weighted by Gasteiger charge is -2.07. The third-order valence-corrected chi connectivity index (χ3v) is 3.71. The summed E-state index contributed by atoms with van der Waals surface area (Å²) in [6.45, 7) is 5.51. The quantitative estimate of drug-likeness (QED) is 0.609. The van der Waals surface area contributed by atoms with Crippen LogP contribution in [0.4, 0.5) is 0 Å². The van der Waals surface area contributed by atoms with E-state index in [0.717, 1.165) is 6.42 Å². The number of benzene rings is 1. The number of methoxy groups -OCH3 is 1. The second-order valence-corrected chi connectivity index (χ2v) is 5.27. The summed E-state index contributed by atoms with van der Waals surface area (Å²) in [5, 5.41) is 2.88. The smallest absolute Gasteiger partial charge is 0.230 e. The number of thioether (sulfide) groups is 1. The topological polar surface area (TPSA) is 38.3 Å². The van der Waals surface area contributed by atoms with Crippen molar-refractivity contribution < 1.29 is 9.53 Å². The summed E-state index contributed by atoms with van der Waals surface area (Å²) in [5.41, 5.74) is 2.48. The van der Waals surface area contributed by atoms with Crippen molar-refractivity contribution in [3.8, 4) is 0 Å². The van der Waals surface area contributed by atoms with Crippen LogP contribution < -0.4 is 5.32 Å². The van der Waals surface area contributed by atoms with E-state index in [0.29, 0.717) is 18.9 Å². The summed E-state index contributed by atoms with van der Waals surface area (Å²) < 4.78 is 4.92. The van der Waals surface area contributed by atoms with Crippen molar-refractivity contribution in [3.05, 3.63) is 29.3 Å². The minimum Gasteiger partial charge on any atom is -0.385 e. The average Bonchev–Trinajstić information content (AvgIpc) is 2.33. The Kier molecular flexibility index (Phi) is 6.83. The Morgan fingerprint density at radius 3 is 2.83 bits per heavy atom. The van der Waals surface area contributed by atoms with Crippen molar-refractivity contribution in [3.63, 3.8) is 0 Å². The van der Waals surface area contributed by atoms with E-state index in [1.54, 1.807) is 18.9 Å². The maximum absolute atomic E-state index is 11.6. The van der Waals surface area contributed by atoms with Crippen LogP contribution in [0.25, 0.3) is 0 Å². The molecule has 1 N–H and O–H groups in total. The molecule has 0 spiro atoms. The van der Waals surface area contributed by atoms with Crippen molar-refractivity contribution >= 4 is 17.7 Å². The highest BCUT2D eigenvalue weighted by Crippen LogP contribution is 2.22. The molecule has 1 amide bonds. The molecule has 0 bridgehead atoms. The maximum atomic E-state index is 11.6. The number of hydrogen-bond acceptors (Lipinski definition) is 3. The first-order chi connectivity index (χ1) is 8.63. The predicted octanol–water partition coefficient (Wildman–Crippen LogP) is 2.55. The summed E-state index contributed by atoms with van der Waals surface area (Å²) in [4.78, 5) is 12.8. The van der Waals surface area contributed by atoms with Crippen molar-refractivity contribution in [2.24, 2.45) is 0 Å². The van der Waals surface area contributed by atoms with E-state index in [4.69, 9.17) is 4.74 Å². The molecule has 1 rings (SSSR count). The molecule has 0 atom stereocenters. The molecule has 3 nitrogen and oxygen atoms in total. The fourth-order valence-corrected chi connectivity index (χ4v) is 2.44. The molecule has 0 fully saturated rings. The number of rotatable bonds is 7. The standard InChI is InChI=1S/C14H21NO2S/c1-11-5-6-13(12(2)9-11)18-10-14(16)15-7-4-8-17-3/h5-6,9H,4,7-8,10H2,1-3H3,(H,15,16). The highest BCUT2D eigenvalue weighted by atomic mass is 32.2. The van der Waals surface area contributed by atoms with E-state index in [-0.39, 0.29) is 5.91 Å². The molecule has 0 saturated heterocycles. The number of carbonyl (C=O) groups is 1. The fraction of sp³-hybridized carbons (Fsp3) is 0.500. The molecule has 18 heavy (non-hydrogen) atoms. The third kappa shape index (κ3) is 5.56. The van der Waals surface area contributed by atoms with Crippen LogP contribution in [0, 0.1) is 13.8 Å². The lowest BCUT2D eigenvalue weighted by atomic mass is 10.2. The predicted molar refractivity (Wildman–Crippen MR) is 76.1 cm³/mol. The van der Waals surface area contributed by atoms with Gasteiger partial charge in [-0.2, -0.15) is 0 Å². The summed E-state index contributed by atoms with van der Waals surface area (Å²) in [5.74, 6) is 0.549. The van der Waals surface area contributed by atoms with Gasteiger partial charge >= 0.3 is 0 Å². The zero-order chi connectivity index (χ0) is 13.4. The molecule has 1 aromatic carbocycles. The van der Waals surface area contributed by atoms with E-state index >= 15 is 0 Å². The zero-order valence-electron chi connectivity index (χ0n) is 11.3. The van der Waals surface area contributed by atoms with E-state index in [2.05, 4.69) is 37.4 Å². The van der Waals surface area contributed by atoms with Crippen LogP contribution in [0.15, 0.2) is 23.1 Å². The van der Waals surface area contributed by atoms with Crippen LogP contribution in [-0.2, 0) is 9.53 Å². The Hall–Kier alpha value is -1.00. The first-order valence-electron chi connectivity index (χ1n) is 6.09. The van der Waals surface area contributed by atoms with E-state index in [1.807, 2.05) is 0 Å². The first kappa shape index (κ1) is 15.1. The van der Waals surface area contributed by atoms with Gasteiger partial charge in [0.05, 0.1) is 5.75 Å². The van der Waals surface area contributed by atoms with Crippen molar-refractivity contribution in [2.75, 3.05) is 26.0 Å². The molecule has 0 aliphatic heterocycles. The first-order valence-corrected chi connectivity index (χ1v) is 7.07. The van der Waals surface area contributed by atoms with Gasteiger partial charge in [-0.15, -0.1) is 11.8 Å². The molecule has 0 aliphatic carbocycles. The highest BCUT2D eigenvalue weighted by Gasteiger charge is 2.04. The van der Waals surface area contributed by atoms with Crippen LogP contribution in [-0.4, -0.2) is 31.9 Å². The van der Waals surface area contributed by atoms with Gasteiger partial charge in [0, 0.05) is 25.2 Å². The Morgan fingerprint density at radius 1 is 1.39 bits per heavy atom. The Labute approximate surface area is 113 Å². The van der Waals surface area contributed by atoms with E-state index in [1.165, 1.54) is 16.0 Å². The number of nitrogens with one attached hydrogen (secondary N) is 1. The molecule has 0 radical (unpaired) electrons. The zero-order valence-corrected chi connectivity index (χ0v) is 12.1. The molecule has 0 saturated carbocycles. The molecule has 1 aromatic rings. The van der Waals surface area contributed by atoms with Gasteiger partial charge in [0.2, 0.25) is 5.91 Å². The van der Waals surface area contributed by atoms with Crippen LogP contribution >= 0.6 is 11.8 Å². The summed E-state index contributed by atoms with van der Waals surface area (Å²) >= 11 is 1.58. The van der Waals surface area contributed by atoms with Gasteiger partial charge in [-0.3, -0.25) is 4.79 Å². The Morgan fingerprint density at radius 2 is 2.17 bits per heavy atom. The summed E-state index contributed by atoms with van der Waals surface area (Å²) in [7, 11) is 1.66. The maximum Gasteiger partial charge on any atom is 0.230 e. The van der Waals surface area contributed by atoms with E-state index in [9.17, 15) is 4.79 Å².